The molecule has 1 heterocycles. The molecule has 0 bridgehead atoms. The van der Waals surface area contributed by atoms with E-state index >= 15 is 0 Å². The number of hydrogen-bond acceptors (Lipinski definition) is 3. The molecule has 0 aromatic heterocycles. The molecule has 1 saturated heterocycles. The van der Waals surface area contributed by atoms with Crippen LogP contribution in [0.5, 0.6) is 0 Å². The molecule has 0 aromatic carbocycles. The maximum absolute atomic E-state index is 10.2. The van der Waals surface area contributed by atoms with Crippen molar-refractivity contribution < 1.29 is 14.3 Å². The zero-order chi connectivity index (χ0) is 8.10. The highest BCUT2D eigenvalue weighted by molar-refractivity contribution is 5.55. The van der Waals surface area contributed by atoms with Crippen LogP contribution in [0.3, 0.4) is 0 Å². The summed E-state index contributed by atoms with van der Waals surface area (Å²) in [4.78, 5) is 10.2. The number of ether oxygens (including phenoxy) is 2. The number of hydrogen-bond donors (Lipinski definition) is 0. The predicted molar refractivity (Wildman–Crippen MR) is 40.2 cm³/mol. The van der Waals surface area contributed by atoms with Crippen LogP contribution < -0.4 is 0 Å². The van der Waals surface area contributed by atoms with Gasteiger partial charge in [-0.05, 0) is 26.2 Å². The Morgan fingerprint density at radius 3 is 3.00 bits per heavy atom. The first-order chi connectivity index (χ1) is 5.33. The number of rotatable bonds is 3. The molecule has 0 unspecified atom stereocenters. The van der Waals surface area contributed by atoms with Gasteiger partial charge in [0, 0.05) is 6.61 Å². The molecule has 0 aromatic rings. The van der Waals surface area contributed by atoms with E-state index in [1.807, 2.05) is 0 Å². The van der Waals surface area contributed by atoms with Gasteiger partial charge in [0.1, 0.15) is 12.4 Å². The molecule has 1 aliphatic heterocycles. The largest absolute Gasteiger partial charge is 0.353 e. The minimum absolute atomic E-state index is 0.149. The summed E-state index contributed by atoms with van der Waals surface area (Å²) in [7, 11) is 0. The minimum Gasteiger partial charge on any atom is -0.353 e. The molecule has 1 aliphatic rings. The smallest absolute Gasteiger partial charge is 0.158 e. The van der Waals surface area contributed by atoms with Crippen LogP contribution >= 0.6 is 0 Å². The normalized spacial score (nSPS) is 27.9. The number of aldehydes is 1. The second kappa shape index (κ2) is 4.46. The minimum atomic E-state index is -0.335. The maximum atomic E-state index is 10.2. The SMILES string of the molecule is C[C@@H](C=O)O[C@H]1CCCCO1. The summed E-state index contributed by atoms with van der Waals surface area (Å²) in [6.45, 7) is 2.49. The summed E-state index contributed by atoms with van der Waals surface area (Å²) in [5, 5.41) is 0. The van der Waals surface area contributed by atoms with E-state index in [2.05, 4.69) is 0 Å². The third kappa shape index (κ3) is 2.99. The Morgan fingerprint density at radius 1 is 1.64 bits per heavy atom. The fraction of sp³-hybridized carbons (Fsp3) is 0.875. The summed E-state index contributed by atoms with van der Waals surface area (Å²) in [5.41, 5.74) is 0. The van der Waals surface area contributed by atoms with Crippen molar-refractivity contribution in [1.82, 2.24) is 0 Å². The molecule has 0 saturated carbocycles. The molecule has 0 radical (unpaired) electrons. The van der Waals surface area contributed by atoms with Gasteiger partial charge in [-0.1, -0.05) is 0 Å². The van der Waals surface area contributed by atoms with Gasteiger partial charge in [0.15, 0.2) is 6.29 Å². The third-order valence-corrected chi connectivity index (χ3v) is 1.70. The Balaban J connectivity index is 2.18. The van der Waals surface area contributed by atoms with Crippen LogP contribution in [0.4, 0.5) is 0 Å². The quantitative estimate of drug-likeness (QED) is 0.577. The summed E-state index contributed by atoms with van der Waals surface area (Å²) < 4.78 is 10.5. The Kier molecular flexibility index (Phi) is 3.52. The fourth-order valence-electron chi connectivity index (χ4n) is 1.09. The zero-order valence-corrected chi connectivity index (χ0v) is 6.79. The van der Waals surface area contributed by atoms with E-state index in [1.165, 1.54) is 0 Å². The van der Waals surface area contributed by atoms with Crippen molar-refractivity contribution in [2.75, 3.05) is 6.61 Å². The van der Waals surface area contributed by atoms with Crippen LogP contribution in [0, 0.1) is 0 Å². The van der Waals surface area contributed by atoms with Crippen LogP contribution in [-0.2, 0) is 14.3 Å². The van der Waals surface area contributed by atoms with Crippen molar-refractivity contribution in [3.63, 3.8) is 0 Å². The Bertz CT molecular complexity index is 119. The first-order valence-electron chi connectivity index (χ1n) is 4.05. The van der Waals surface area contributed by atoms with E-state index in [-0.39, 0.29) is 12.4 Å². The summed E-state index contributed by atoms with van der Waals surface area (Å²) >= 11 is 0. The lowest BCUT2D eigenvalue weighted by molar-refractivity contribution is -0.183. The highest BCUT2D eigenvalue weighted by Gasteiger charge is 2.16. The molecule has 1 rings (SSSR count). The molecule has 0 amide bonds. The van der Waals surface area contributed by atoms with E-state index in [0.29, 0.717) is 0 Å². The van der Waals surface area contributed by atoms with E-state index in [9.17, 15) is 4.79 Å². The molecule has 2 atom stereocenters. The molecule has 64 valence electrons. The molecule has 0 aliphatic carbocycles. The van der Waals surface area contributed by atoms with E-state index in [1.54, 1.807) is 6.92 Å². The van der Waals surface area contributed by atoms with Crippen LogP contribution in [0.2, 0.25) is 0 Å². The van der Waals surface area contributed by atoms with Crippen molar-refractivity contribution in [1.29, 1.82) is 0 Å². The molecule has 0 spiro atoms. The Labute approximate surface area is 66.7 Å². The molecule has 0 N–H and O–H groups in total. The van der Waals surface area contributed by atoms with Gasteiger partial charge in [-0.3, -0.25) is 0 Å². The van der Waals surface area contributed by atoms with Gasteiger partial charge in [0.2, 0.25) is 0 Å². The lowest BCUT2D eigenvalue weighted by Crippen LogP contribution is -2.26. The standard InChI is InChI=1S/C8H14O3/c1-7(6-9)11-8-4-2-3-5-10-8/h6-8H,2-5H2,1H3/t7-,8-/m0/s1. The van der Waals surface area contributed by atoms with Crippen molar-refractivity contribution >= 4 is 6.29 Å². The summed E-state index contributed by atoms with van der Waals surface area (Å²) in [5.74, 6) is 0. The maximum Gasteiger partial charge on any atom is 0.158 e. The second-order valence-corrected chi connectivity index (χ2v) is 2.77. The van der Waals surface area contributed by atoms with Gasteiger partial charge in [-0.15, -0.1) is 0 Å². The highest BCUT2D eigenvalue weighted by Crippen LogP contribution is 2.14. The van der Waals surface area contributed by atoms with Crippen LogP contribution in [0.25, 0.3) is 0 Å². The summed E-state index contributed by atoms with van der Waals surface area (Å²) in [6, 6.07) is 0. The Hall–Kier alpha value is -0.410. The Morgan fingerprint density at radius 2 is 2.45 bits per heavy atom. The monoisotopic (exact) mass is 158 g/mol. The molecular weight excluding hydrogens is 144 g/mol. The first-order valence-corrected chi connectivity index (χ1v) is 4.05. The van der Waals surface area contributed by atoms with Gasteiger partial charge in [-0.25, -0.2) is 0 Å². The van der Waals surface area contributed by atoms with Crippen molar-refractivity contribution in [3.05, 3.63) is 0 Å². The lowest BCUT2D eigenvalue weighted by Gasteiger charge is -2.23. The topological polar surface area (TPSA) is 35.5 Å². The van der Waals surface area contributed by atoms with Gasteiger partial charge >= 0.3 is 0 Å². The molecule has 1 fully saturated rings. The van der Waals surface area contributed by atoms with Gasteiger partial charge in [0.05, 0.1) is 0 Å². The summed E-state index contributed by atoms with van der Waals surface area (Å²) in [6.07, 6.45) is 3.46. The predicted octanol–water partition coefficient (Wildman–Crippen LogP) is 1.12. The number of carbonyl (C=O) groups excluding carboxylic acids is 1. The van der Waals surface area contributed by atoms with Crippen molar-refractivity contribution in [3.8, 4) is 0 Å². The molecule has 3 heteroatoms. The van der Waals surface area contributed by atoms with Crippen LogP contribution in [0.1, 0.15) is 26.2 Å². The number of carbonyl (C=O) groups is 1. The van der Waals surface area contributed by atoms with Crippen molar-refractivity contribution in [2.45, 2.75) is 38.6 Å². The molecule has 11 heavy (non-hydrogen) atoms. The van der Waals surface area contributed by atoms with Gasteiger partial charge < -0.3 is 14.3 Å². The molecule has 3 nitrogen and oxygen atoms in total. The highest BCUT2D eigenvalue weighted by atomic mass is 16.7. The third-order valence-electron chi connectivity index (χ3n) is 1.70. The van der Waals surface area contributed by atoms with Crippen LogP contribution in [-0.4, -0.2) is 25.3 Å². The fourth-order valence-corrected chi connectivity index (χ4v) is 1.09. The second-order valence-electron chi connectivity index (χ2n) is 2.77. The van der Waals surface area contributed by atoms with Crippen molar-refractivity contribution in [2.24, 2.45) is 0 Å². The van der Waals surface area contributed by atoms with E-state index in [4.69, 9.17) is 9.47 Å². The molecular formula is C8H14O3. The van der Waals surface area contributed by atoms with E-state index < -0.39 is 0 Å². The average Bonchev–Trinajstić information content (AvgIpc) is 2.06. The van der Waals surface area contributed by atoms with Gasteiger partial charge in [-0.2, -0.15) is 0 Å². The van der Waals surface area contributed by atoms with Crippen LogP contribution in [0.15, 0.2) is 0 Å². The average molecular weight is 158 g/mol. The van der Waals surface area contributed by atoms with Gasteiger partial charge in [0.25, 0.3) is 0 Å². The first kappa shape index (κ1) is 8.68. The van der Waals surface area contributed by atoms with E-state index in [0.717, 1.165) is 32.2 Å². The lowest BCUT2D eigenvalue weighted by atomic mass is 10.2. The zero-order valence-electron chi connectivity index (χ0n) is 6.79.